The van der Waals surface area contributed by atoms with Gasteiger partial charge < -0.3 is 19.8 Å². The minimum Gasteiger partial charge on any atom is -0.391 e. The van der Waals surface area contributed by atoms with E-state index in [1.54, 1.807) is 0 Å². The first-order valence-electron chi connectivity index (χ1n) is 34.3. The van der Waals surface area contributed by atoms with Crippen LogP contribution in [0.3, 0.4) is 0 Å². The zero-order valence-corrected chi connectivity index (χ0v) is 55.1. The summed E-state index contributed by atoms with van der Waals surface area (Å²) in [4.78, 5) is 23.4. The molecule has 1 amide bonds. The molecule has 0 radical (unpaired) electrons. The van der Waals surface area contributed by atoms with Crippen molar-refractivity contribution < 1.29 is 32.9 Å². The maximum Gasteiger partial charge on any atom is 0.472 e. The van der Waals surface area contributed by atoms with Crippen molar-refractivity contribution in [3.63, 3.8) is 0 Å². The number of carbonyl (C=O) groups excluding carboxylic acids is 1. The van der Waals surface area contributed by atoms with E-state index in [2.05, 4.69) is 129 Å². The molecule has 0 aromatic carbocycles. The van der Waals surface area contributed by atoms with E-state index in [1.165, 1.54) is 154 Å². The molecule has 8 nitrogen and oxygen atoms in total. The minimum absolute atomic E-state index is 0.0653. The topological polar surface area (TPSA) is 105 Å². The predicted octanol–water partition coefficient (Wildman–Crippen LogP) is 21.9. The first-order chi connectivity index (χ1) is 40.0. The van der Waals surface area contributed by atoms with Gasteiger partial charge in [-0.3, -0.25) is 13.8 Å². The van der Waals surface area contributed by atoms with Crippen LogP contribution in [0.15, 0.2) is 109 Å². The van der Waals surface area contributed by atoms with E-state index < -0.39 is 20.0 Å². The van der Waals surface area contributed by atoms with Crippen LogP contribution in [0.2, 0.25) is 0 Å². The quantitative estimate of drug-likeness (QED) is 0.0243. The van der Waals surface area contributed by atoms with E-state index in [0.29, 0.717) is 23.9 Å². The summed E-state index contributed by atoms with van der Waals surface area (Å²) < 4.78 is 23.9. The normalized spacial score (nSPS) is 14.4. The van der Waals surface area contributed by atoms with Gasteiger partial charge in [0.15, 0.2) is 0 Å². The third-order valence-corrected chi connectivity index (χ3v) is 16.0. The fraction of sp³-hybridized carbons (Fsp3) is 0.740. The molecule has 9 heteroatoms. The summed E-state index contributed by atoms with van der Waals surface area (Å²) in [5.41, 5.74) is 0. The Labute approximate surface area is 508 Å². The minimum atomic E-state index is -4.34. The maximum absolute atomic E-state index is 13.1. The van der Waals surface area contributed by atoms with Gasteiger partial charge in [-0.1, -0.05) is 316 Å². The van der Waals surface area contributed by atoms with Gasteiger partial charge in [0.2, 0.25) is 5.91 Å². The van der Waals surface area contributed by atoms with Gasteiger partial charge in [-0.05, 0) is 83.5 Å². The van der Waals surface area contributed by atoms with Crippen molar-refractivity contribution in [3.8, 4) is 0 Å². The van der Waals surface area contributed by atoms with Crippen LogP contribution < -0.4 is 5.32 Å². The van der Waals surface area contributed by atoms with Crippen molar-refractivity contribution in [1.29, 1.82) is 0 Å². The van der Waals surface area contributed by atoms with Crippen LogP contribution in [0.5, 0.6) is 0 Å². The third kappa shape index (κ3) is 64.7. The molecule has 0 saturated heterocycles. The molecule has 0 aliphatic carbocycles. The lowest BCUT2D eigenvalue weighted by Crippen LogP contribution is -2.46. The lowest BCUT2D eigenvalue weighted by atomic mass is 10.0. The summed E-state index contributed by atoms with van der Waals surface area (Å²) in [6.45, 7) is 4.78. The highest BCUT2D eigenvalue weighted by Gasteiger charge is 2.28. The van der Waals surface area contributed by atoms with Gasteiger partial charge >= 0.3 is 7.82 Å². The molecule has 0 aliphatic heterocycles. The Kier molecular flexibility index (Phi) is 60.5. The number of allylic oxidation sites excluding steroid dienone is 18. The van der Waals surface area contributed by atoms with Crippen molar-refractivity contribution >= 4 is 13.7 Å². The Morgan fingerprint density at radius 1 is 0.427 bits per heavy atom. The number of hydrogen-bond donors (Lipinski definition) is 3. The van der Waals surface area contributed by atoms with E-state index in [-0.39, 0.29) is 19.1 Å². The molecule has 0 aromatic heterocycles. The Morgan fingerprint density at radius 2 is 0.732 bits per heavy atom. The molecule has 3 N–H and O–H groups in total. The zero-order chi connectivity index (χ0) is 59.8. The molecule has 0 rings (SSSR count). The molecule has 0 aliphatic rings. The fourth-order valence-corrected chi connectivity index (χ4v) is 10.5. The molecule has 0 saturated carbocycles. The summed E-state index contributed by atoms with van der Waals surface area (Å²) in [6.07, 6.45) is 91.8. The lowest BCUT2D eigenvalue weighted by molar-refractivity contribution is -0.870. The largest absolute Gasteiger partial charge is 0.472 e. The van der Waals surface area contributed by atoms with Crippen molar-refractivity contribution in [2.45, 2.75) is 309 Å². The summed E-state index contributed by atoms with van der Waals surface area (Å²) in [7, 11) is 1.59. The Morgan fingerprint density at radius 3 is 1.07 bits per heavy atom. The van der Waals surface area contributed by atoms with E-state index in [9.17, 15) is 19.4 Å². The smallest absolute Gasteiger partial charge is 0.391 e. The highest BCUT2D eigenvalue weighted by Crippen LogP contribution is 2.43. The van der Waals surface area contributed by atoms with E-state index in [4.69, 9.17) is 9.05 Å². The third-order valence-electron chi connectivity index (χ3n) is 15.0. The Bertz CT molecular complexity index is 1700. The van der Waals surface area contributed by atoms with Crippen LogP contribution in [0, 0.1) is 0 Å². The van der Waals surface area contributed by atoms with Crippen LogP contribution in [-0.4, -0.2) is 73.4 Å². The molecule has 3 atom stereocenters. The molecule has 0 heterocycles. The van der Waals surface area contributed by atoms with Crippen molar-refractivity contribution in [3.05, 3.63) is 109 Å². The number of rotatable bonds is 62. The van der Waals surface area contributed by atoms with Crippen LogP contribution in [0.1, 0.15) is 296 Å². The summed E-state index contributed by atoms with van der Waals surface area (Å²) >= 11 is 0. The van der Waals surface area contributed by atoms with Crippen LogP contribution in [-0.2, 0) is 18.4 Å². The van der Waals surface area contributed by atoms with Gasteiger partial charge in [-0.2, -0.15) is 0 Å². The number of nitrogens with one attached hydrogen (secondary N) is 1. The Balaban J connectivity index is 4.16. The zero-order valence-electron chi connectivity index (χ0n) is 54.2. The standard InChI is InChI=1S/C73H131N2O6P/c1-6-8-10-12-14-16-18-20-22-24-26-28-30-32-34-35-36-37-38-39-41-43-45-47-49-51-53-55-57-59-61-63-65-67-73(77)74-71(70-81-82(78,79)80-69-68-75(3,4)5)72(76)66-64-62-60-58-56-54-52-50-48-46-44-42-40-33-31-29-27-25-23-21-19-17-15-13-11-9-7-2/h8,10,14,16,20,22,26,28,32,34,36-37,39,41,45,47,51,53,71-72,76H,6-7,9,11-13,15,17-19,21,23-25,27,29-31,33,35,38,40,42-44,46,48-50,52,54-70H2,1-5H3,(H-,74,77,78,79)/p+1/b10-8-,16-14-,22-20-,28-26-,34-32-,37-36-,41-39-,47-45-,53-51-. The summed E-state index contributed by atoms with van der Waals surface area (Å²) in [6, 6.07) is -0.781. The average Bonchev–Trinajstić information content (AvgIpc) is 3.47. The van der Waals surface area contributed by atoms with Gasteiger partial charge in [0.25, 0.3) is 0 Å². The number of nitrogens with zero attached hydrogens (tertiary/aromatic N) is 1. The molecule has 3 unspecified atom stereocenters. The fourth-order valence-electron chi connectivity index (χ4n) is 9.75. The van der Waals surface area contributed by atoms with Gasteiger partial charge in [-0.25, -0.2) is 4.57 Å². The van der Waals surface area contributed by atoms with Crippen LogP contribution >= 0.6 is 7.82 Å². The number of unbranched alkanes of at least 4 members (excludes halogenated alkanes) is 31. The lowest BCUT2D eigenvalue weighted by Gasteiger charge is -2.26. The van der Waals surface area contributed by atoms with E-state index in [0.717, 1.165) is 116 Å². The molecule has 82 heavy (non-hydrogen) atoms. The molecule has 0 bridgehead atoms. The second kappa shape index (κ2) is 62.7. The maximum atomic E-state index is 13.1. The number of carbonyl (C=O) groups is 1. The summed E-state index contributed by atoms with van der Waals surface area (Å²) in [5.74, 6) is -0.164. The van der Waals surface area contributed by atoms with E-state index in [1.807, 2.05) is 21.1 Å². The average molecular weight is 1160 g/mol. The SMILES string of the molecule is CC/C=C\C/C=C\C/C=C\C/C=C\C/C=C\C/C=C\C/C=C\C/C=C\C/C=C\CCCCCCCC(=O)NC(COP(=O)(O)OCC[N+](C)(C)C)C(O)CCCCCCCCCCCCCCCCCCCCCCCCCCCCC. The molecular weight excluding hydrogens is 1030 g/mol. The van der Waals surface area contributed by atoms with Gasteiger partial charge in [-0.15, -0.1) is 0 Å². The highest BCUT2D eigenvalue weighted by atomic mass is 31.2. The molecule has 0 fully saturated rings. The number of aliphatic hydroxyl groups is 1. The number of quaternary nitrogens is 1. The molecule has 0 spiro atoms. The van der Waals surface area contributed by atoms with Gasteiger partial charge in [0, 0.05) is 6.42 Å². The van der Waals surface area contributed by atoms with Gasteiger partial charge in [0.1, 0.15) is 13.2 Å². The molecule has 474 valence electrons. The second-order valence-electron chi connectivity index (χ2n) is 24.2. The number of phosphoric ester groups is 1. The first-order valence-corrected chi connectivity index (χ1v) is 35.7. The Hall–Kier alpha value is -2.84. The van der Waals surface area contributed by atoms with Crippen molar-refractivity contribution in [1.82, 2.24) is 5.32 Å². The number of hydrogen-bond acceptors (Lipinski definition) is 5. The van der Waals surface area contributed by atoms with Gasteiger partial charge in [0.05, 0.1) is 39.9 Å². The second-order valence-corrected chi connectivity index (χ2v) is 25.6. The molecular formula is C73H132N2O6P+. The number of phosphoric acid groups is 1. The van der Waals surface area contributed by atoms with Crippen molar-refractivity contribution in [2.24, 2.45) is 0 Å². The monoisotopic (exact) mass is 1160 g/mol. The van der Waals surface area contributed by atoms with E-state index >= 15 is 0 Å². The highest BCUT2D eigenvalue weighted by molar-refractivity contribution is 7.47. The number of amides is 1. The summed E-state index contributed by atoms with van der Waals surface area (Å²) in [5, 5.41) is 14.1. The predicted molar refractivity (Wildman–Crippen MR) is 359 cm³/mol. The number of aliphatic hydroxyl groups excluding tert-OH is 1. The van der Waals surface area contributed by atoms with Crippen LogP contribution in [0.25, 0.3) is 0 Å². The number of likely N-dealkylation sites (N-methyl/N-ethyl adjacent to an activating group) is 1. The van der Waals surface area contributed by atoms with Crippen molar-refractivity contribution in [2.75, 3.05) is 40.9 Å². The first kappa shape index (κ1) is 79.2. The van der Waals surface area contributed by atoms with Crippen LogP contribution in [0.4, 0.5) is 0 Å². The molecule has 0 aromatic rings.